The van der Waals surface area contributed by atoms with Crippen molar-refractivity contribution >= 4 is 40.8 Å². The Labute approximate surface area is 155 Å². The highest BCUT2D eigenvalue weighted by Gasteiger charge is 2.21. The Kier molecular flexibility index (Phi) is 6.57. The van der Waals surface area contributed by atoms with Crippen LogP contribution in [0.15, 0.2) is 32.9 Å². The van der Waals surface area contributed by atoms with Crippen LogP contribution in [0.3, 0.4) is 0 Å². The van der Waals surface area contributed by atoms with E-state index in [9.17, 15) is 4.79 Å². The first-order chi connectivity index (χ1) is 11.8. The number of aryl methyl sites for hydroxylation is 1. The third kappa shape index (κ3) is 4.74. The molecule has 1 N–H and O–H groups in total. The molecule has 0 radical (unpaired) electrons. The second-order valence-electron chi connectivity index (χ2n) is 5.68. The Balaban J connectivity index is 1.50. The largest absolute Gasteiger partial charge is 0.349 e. The van der Waals surface area contributed by atoms with E-state index in [1.54, 1.807) is 23.1 Å². The van der Waals surface area contributed by atoms with Crippen molar-refractivity contribution in [3.05, 3.63) is 35.4 Å². The Morgan fingerprint density at radius 1 is 1.29 bits per heavy atom. The molecule has 0 bridgehead atoms. The van der Waals surface area contributed by atoms with E-state index in [2.05, 4.69) is 46.7 Å². The van der Waals surface area contributed by atoms with Crippen molar-refractivity contribution in [3.63, 3.8) is 0 Å². The van der Waals surface area contributed by atoms with E-state index in [1.165, 1.54) is 22.9 Å². The number of carbonyl (C=O) groups excluding carboxylic acids is 1. The average molecular weight is 380 g/mol. The second-order valence-corrected chi connectivity index (χ2v) is 9.22. The van der Waals surface area contributed by atoms with E-state index in [0.717, 1.165) is 40.1 Å². The van der Waals surface area contributed by atoms with Gasteiger partial charge in [-0.25, -0.2) is 0 Å². The van der Waals surface area contributed by atoms with Crippen LogP contribution in [-0.2, 0) is 11.2 Å². The molecule has 1 aromatic carbocycles. The molecule has 1 aliphatic rings. The quantitative estimate of drug-likeness (QED) is 0.726. The van der Waals surface area contributed by atoms with Gasteiger partial charge in [-0.1, -0.05) is 66.0 Å². The highest BCUT2D eigenvalue weighted by molar-refractivity contribution is 8.03. The summed E-state index contributed by atoms with van der Waals surface area (Å²) in [7, 11) is 0. The summed E-state index contributed by atoms with van der Waals surface area (Å²) < 4.78 is 1.86. The minimum atomic E-state index is 0.0691. The molecular weight excluding hydrogens is 358 g/mol. The average Bonchev–Trinajstić information content (AvgIpc) is 3.06. The van der Waals surface area contributed by atoms with Crippen LogP contribution in [0.1, 0.15) is 43.4 Å². The molecule has 0 aliphatic heterocycles. The van der Waals surface area contributed by atoms with Crippen LogP contribution < -0.4 is 5.32 Å². The molecule has 0 saturated carbocycles. The first-order valence-corrected chi connectivity index (χ1v) is 11.0. The molecule has 1 amide bonds. The van der Waals surface area contributed by atoms with Gasteiger partial charge in [-0.2, -0.15) is 0 Å². The van der Waals surface area contributed by atoms with Crippen molar-refractivity contribution in [2.75, 3.05) is 11.5 Å². The zero-order valence-corrected chi connectivity index (χ0v) is 16.1. The zero-order chi connectivity index (χ0) is 16.8. The number of nitrogens with one attached hydrogen (secondary N) is 1. The lowest BCUT2D eigenvalue weighted by Gasteiger charge is -2.26. The van der Waals surface area contributed by atoms with Gasteiger partial charge in [-0.05, 0) is 36.8 Å². The number of carbonyl (C=O) groups is 1. The molecule has 0 unspecified atom stereocenters. The van der Waals surface area contributed by atoms with Gasteiger partial charge in [0.05, 0.1) is 11.8 Å². The highest BCUT2D eigenvalue weighted by atomic mass is 32.2. The zero-order valence-electron chi connectivity index (χ0n) is 13.7. The molecule has 1 heterocycles. The van der Waals surface area contributed by atoms with Gasteiger partial charge in [0.25, 0.3) is 0 Å². The molecule has 0 spiro atoms. The fourth-order valence-corrected chi connectivity index (χ4v) is 5.53. The summed E-state index contributed by atoms with van der Waals surface area (Å²) in [5, 5.41) is 11.5. The Morgan fingerprint density at radius 2 is 2.08 bits per heavy atom. The third-order valence-corrected chi connectivity index (χ3v) is 7.24. The third-order valence-electron chi connectivity index (χ3n) is 3.85. The van der Waals surface area contributed by atoms with E-state index >= 15 is 0 Å². The van der Waals surface area contributed by atoms with E-state index in [-0.39, 0.29) is 11.9 Å². The van der Waals surface area contributed by atoms with E-state index in [1.807, 2.05) is 0 Å². The molecule has 4 nitrogen and oxygen atoms in total. The summed E-state index contributed by atoms with van der Waals surface area (Å²) >= 11 is 4.77. The number of hydrogen-bond acceptors (Lipinski definition) is 6. The van der Waals surface area contributed by atoms with Crippen LogP contribution in [0.2, 0.25) is 0 Å². The summed E-state index contributed by atoms with van der Waals surface area (Å²) in [6.45, 7) is 2.15. The molecule has 7 heteroatoms. The molecular formula is C17H21N3OS3. The number of benzene rings is 1. The van der Waals surface area contributed by atoms with Gasteiger partial charge in [-0.3, -0.25) is 4.79 Å². The number of nitrogens with zero attached hydrogens (tertiary/aromatic N) is 2. The van der Waals surface area contributed by atoms with Crippen LogP contribution >= 0.6 is 34.9 Å². The number of amides is 1. The minimum absolute atomic E-state index is 0.0691. The first kappa shape index (κ1) is 17.8. The summed E-state index contributed by atoms with van der Waals surface area (Å²) in [5.41, 5.74) is 2.64. The van der Waals surface area contributed by atoms with Crippen LogP contribution in [0.4, 0.5) is 0 Å². The molecule has 128 valence electrons. The molecule has 1 atom stereocenters. The van der Waals surface area contributed by atoms with Crippen LogP contribution in [0.5, 0.6) is 0 Å². The summed E-state index contributed by atoms with van der Waals surface area (Å²) in [5.74, 6) is 1.52. The van der Waals surface area contributed by atoms with Gasteiger partial charge in [0.15, 0.2) is 8.68 Å². The van der Waals surface area contributed by atoms with E-state index in [0.29, 0.717) is 5.75 Å². The molecule has 0 saturated heterocycles. The fourth-order valence-electron chi connectivity index (χ4n) is 2.77. The Morgan fingerprint density at radius 3 is 2.92 bits per heavy atom. The topological polar surface area (TPSA) is 54.9 Å². The molecule has 1 aliphatic carbocycles. The van der Waals surface area contributed by atoms with Crippen molar-refractivity contribution in [3.8, 4) is 0 Å². The van der Waals surface area contributed by atoms with Crippen molar-refractivity contribution in [2.45, 2.75) is 47.3 Å². The standard InChI is InChI=1S/C17H21N3OS3/c1-2-10-22-16-19-20-17(24-16)23-11-15(21)18-14-9-5-7-12-6-3-4-8-13(12)14/h3-4,6,8,14H,2,5,7,9-11H2,1H3,(H,18,21)/t14-/m0/s1. The van der Waals surface area contributed by atoms with Crippen molar-refractivity contribution in [2.24, 2.45) is 0 Å². The molecule has 24 heavy (non-hydrogen) atoms. The van der Waals surface area contributed by atoms with Crippen molar-refractivity contribution < 1.29 is 4.79 Å². The summed E-state index contributed by atoms with van der Waals surface area (Å²) in [6, 6.07) is 8.57. The molecule has 1 aromatic heterocycles. The number of thioether (sulfide) groups is 2. The number of rotatable bonds is 7. The van der Waals surface area contributed by atoms with Gasteiger partial charge >= 0.3 is 0 Å². The minimum Gasteiger partial charge on any atom is -0.349 e. The van der Waals surface area contributed by atoms with Crippen LogP contribution in [0, 0.1) is 0 Å². The van der Waals surface area contributed by atoms with Gasteiger partial charge in [0.1, 0.15) is 0 Å². The van der Waals surface area contributed by atoms with E-state index < -0.39 is 0 Å². The van der Waals surface area contributed by atoms with Gasteiger partial charge in [0, 0.05) is 5.75 Å². The molecule has 0 fully saturated rings. The fraction of sp³-hybridized carbons (Fsp3) is 0.471. The summed E-state index contributed by atoms with van der Waals surface area (Å²) in [4.78, 5) is 12.3. The normalized spacial score (nSPS) is 16.6. The van der Waals surface area contributed by atoms with E-state index in [4.69, 9.17) is 0 Å². The summed E-state index contributed by atoms with van der Waals surface area (Å²) in [6.07, 6.45) is 4.38. The predicted octanol–water partition coefficient (Wildman–Crippen LogP) is 4.33. The van der Waals surface area contributed by atoms with Crippen molar-refractivity contribution in [1.82, 2.24) is 15.5 Å². The Bertz CT molecular complexity index is 689. The van der Waals surface area contributed by atoms with Gasteiger partial charge in [-0.15, -0.1) is 10.2 Å². The smallest absolute Gasteiger partial charge is 0.230 e. The maximum atomic E-state index is 12.3. The van der Waals surface area contributed by atoms with Crippen LogP contribution in [-0.4, -0.2) is 27.6 Å². The lowest BCUT2D eigenvalue weighted by Crippen LogP contribution is -2.32. The van der Waals surface area contributed by atoms with Crippen LogP contribution in [0.25, 0.3) is 0 Å². The predicted molar refractivity (Wildman–Crippen MR) is 102 cm³/mol. The maximum absolute atomic E-state index is 12.3. The lowest BCUT2D eigenvalue weighted by atomic mass is 9.88. The Hall–Kier alpha value is -1.05. The molecule has 2 aromatic rings. The van der Waals surface area contributed by atoms with Crippen molar-refractivity contribution in [1.29, 1.82) is 0 Å². The second kappa shape index (κ2) is 8.87. The number of aromatic nitrogens is 2. The lowest BCUT2D eigenvalue weighted by molar-refractivity contribution is -0.119. The molecule has 3 rings (SSSR count). The number of fused-ring (bicyclic) bond motifs is 1. The van der Waals surface area contributed by atoms with Gasteiger partial charge < -0.3 is 5.32 Å². The van der Waals surface area contributed by atoms with Gasteiger partial charge in [0.2, 0.25) is 5.91 Å². The first-order valence-electron chi connectivity index (χ1n) is 8.22. The SMILES string of the molecule is CCCSc1nnc(SCC(=O)N[C@H]2CCCc3ccccc32)s1. The highest BCUT2D eigenvalue weighted by Crippen LogP contribution is 2.31. The number of hydrogen-bond donors (Lipinski definition) is 1. The maximum Gasteiger partial charge on any atom is 0.230 e. The monoisotopic (exact) mass is 379 g/mol.